The third-order valence-electron chi connectivity index (χ3n) is 10.3. The molecule has 0 unspecified atom stereocenters. The topological polar surface area (TPSA) is 20.3 Å². The lowest BCUT2D eigenvalue weighted by Crippen LogP contribution is -2.50. The standard InChI is InChI=1S/C27H41NO/c1-19(18-28-15-5-4-6-16-28)23-9-10-24-22-8-7-20-17-21(29)11-13-26(20,2)25(22)12-14-27(23,24)3/h17-18,22-25H,4-16H2,1-3H3/b19-18-/t22-,23+,24-,25-,26+,27-/m1/s1. The van der Waals surface area contributed by atoms with Crippen molar-refractivity contribution in [3.05, 3.63) is 23.4 Å². The first kappa shape index (κ1) is 19.9. The van der Waals surface area contributed by atoms with Gasteiger partial charge in [-0.25, -0.2) is 0 Å². The summed E-state index contributed by atoms with van der Waals surface area (Å²) in [6.07, 6.45) is 18.8. The van der Waals surface area contributed by atoms with Crippen molar-refractivity contribution < 1.29 is 4.79 Å². The molecule has 2 heteroatoms. The molecule has 6 atom stereocenters. The van der Waals surface area contributed by atoms with Gasteiger partial charge in [0.05, 0.1) is 0 Å². The average molecular weight is 396 g/mol. The number of piperidine rings is 1. The minimum atomic E-state index is 0.314. The van der Waals surface area contributed by atoms with E-state index in [1.807, 2.05) is 0 Å². The summed E-state index contributed by atoms with van der Waals surface area (Å²) in [5.74, 6) is 3.77. The van der Waals surface area contributed by atoms with Crippen molar-refractivity contribution >= 4 is 5.78 Å². The van der Waals surface area contributed by atoms with Gasteiger partial charge in [0, 0.05) is 19.5 Å². The molecule has 5 rings (SSSR count). The lowest BCUT2D eigenvalue weighted by Gasteiger charge is -2.58. The Morgan fingerprint density at radius 1 is 1.00 bits per heavy atom. The predicted octanol–water partition coefficient (Wildman–Crippen LogP) is 6.52. The predicted molar refractivity (Wildman–Crippen MR) is 119 cm³/mol. The normalized spacial score (nSPS) is 45.3. The molecule has 0 bridgehead atoms. The molecule has 5 aliphatic rings. The number of fused-ring (bicyclic) bond motifs is 5. The minimum absolute atomic E-state index is 0.314. The van der Waals surface area contributed by atoms with E-state index in [0.717, 1.165) is 36.5 Å². The maximum atomic E-state index is 12.0. The Balaban J connectivity index is 1.38. The van der Waals surface area contributed by atoms with Gasteiger partial charge in [-0.15, -0.1) is 0 Å². The van der Waals surface area contributed by atoms with Gasteiger partial charge in [-0.3, -0.25) is 4.79 Å². The lowest BCUT2D eigenvalue weighted by atomic mass is 9.46. The molecule has 160 valence electrons. The highest BCUT2D eigenvalue weighted by atomic mass is 16.1. The molecule has 0 amide bonds. The van der Waals surface area contributed by atoms with Crippen molar-refractivity contribution in [2.45, 2.75) is 91.4 Å². The number of likely N-dealkylation sites (tertiary alicyclic amines) is 1. The maximum absolute atomic E-state index is 12.0. The number of rotatable bonds is 2. The summed E-state index contributed by atoms with van der Waals surface area (Å²) >= 11 is 0. The van der Waals surface area contributed by atoms with Crippen LogP contribution >= 0.6 is 0 Å². The zero-order valence-corrected chi connectivity index (χ0v) is 19.0. The first-order chi connectivity index (χ1) is 13.9. The van der Waals surface area contributed by atoms with Crippen molar-refractivity contribution in [3.63, 3.8) is 0 Å². The summed E-state index contributed by atoms with van der Waals surface area (Å²) in [6, 6.07) is 0. The Kier molecular flexibility index (Phi) is 4.99. The van der Waals surface area contributed by atoms with Crippen LogP contribution in [0.2, 0.25) is 0 Å². The van der Waals surface area contributed by atoms with Gasteiger partial charge < -0.3 is 4.90 Å². The summed E-state index contributed by atoms with van der Waals surface area (Å²) < 4.78 is 0. The second-order valence-corrected chi connectivity index (χ2v) is 11.6. The molecule has 1 aliphatic heterocycles. The molecule has 4 fully saturated rings. The second kappa shape index (κ2) is 7.27. The Morgan fingerprint density at radius 2 is 1.79 bits per heavy atom. The highest BCUT2D eigenvalue weighted by Crippen LogP contribution is 2.67. The van der Waals surface area contributed by atoms with E-state index >= 15 is 0 Å². The molecule has 1 saturated heterocycles. The van der Waals surface area contributed by atoms with Crippen molar-refractivity contribution in [3.8, 4) is 0 Å². The van der Waals surface area contributed by atoms with Crippen LogP contribution in [0.4, 0.5) is 0 Å². The van der Waals surface area contributed by atoms with Crippen LogP contribution in [0.15, 0.2) is 23.4 Å². The smallest absolute Gasteiger partial charge is 0.155 e. The van der Waals surface area contributed by atoms with Crippen molar-refractivity contribution in [1.82, 2.24) is 4.90 Å². The van der Waals surface area contributed by atoms with Gasteiger partial charge >= 0.3 is 0 Å². The van der Waals surface area contributed by atoms with Crippen LogP contribution in [0.3, 0.4) is 0 Å². The van der Waals surface area contributed by atoms with E-state index in [1.54, 1.807) is 5.57 Å². The summed E-state index contributed by atoms with van der Waals surface area (Å²) in [5, 5.41) is 0. The molecule has 0 radical (unpaired) electrons. The number of hydrogen-bond acceptors (Lipinski definition) is 2. The van der Waals surface area contributed by atoms with E-state index in [4.69, 9.17) is 0 Å². The van der Waals surface area contributed by atoms with Crippen molar-refractivity contribution in [1.29, 1.82) is 0 Å². The Morgan fingerprint density at radius 3 is 2.59 bits per heavy atom. The molecule has 0 aromatic carbocycles. The average Bonchev–Trinajstić information content (AvgIpc) is 3.06. The van der Waals surface area contributed by atoms with Gasteiger partial charge in [0.25, 0.3) is 0 Å². The third-order valence-corrected chi connectivity index (χ3v) is 10.3. The fourth-order valence-electron chi connectivity index (χ4n) is 8.73. The van der Waals surface area contributed by atoms with E-state index in [-0.39, 0.29) is 0 Å². The fourth-order valence-corrected chi connectivity index (χ4v) is 8.73. The molecule has 0 N–H and O–H groups in total. The first-order valence-electron chi connectivity index (χ1n) is 12.6. The molecule has 0 aromatic rings. The van der Waals surface area contributed by atoms with Gasteiger partial charge in [-0.2, -0.15) is 0 Å². The van der Waals surface area contributed by atoms with E-state index in [0.29, 0.717) is 16.6 Å². The van der Waals surface area contributed by atoms with Gasteiger partial charge in [-0.05, 0) is 118 Å². The zero-order valence-electron chi connectivity index (χ0n) is 19.0. The number of hydrogen-bond donors (Lipinski definition) is 0. The lowest BCUT2D eigenvalue weighted by molar-refractivity contribution is -0.117. The first-order valence-corrected chi connectivity index (χ1v) is 12.6. The second-order valence-electron chi connectivity index (χ2n) is 11.6. The van der Waals surface area contributed by atoms with Crippen LogP contribution < -0.4 is 0 Å². The van der Waals surface area contributed by atoms with Crippen LogP contribution in [0.25, 0.3) is 0 Å². The fraction of sp³-hybridized carbons (Fsp3) is 0.815. The molecule has 4 aliphatic carbocycles. The molecule has 29 heavy (non-hydrogen) atoms. The van der Waals surface area contributed by atoms with E-state index < -0.39 is 0 Å². The van der Waals surface area contributed by atoms with Crippen LogP contribution in [0, 0.1) is 34.5 Å². The minimum Gasteiger partial charge on any atom is -0.377 e. The Bertz CT molecular complexity index is 729. The summed E-state index contributed by atoms with van der Waals surface area (Å²) in [6.45, 7) is 10.1. The van der Waals surface area contributed by atoms with Crippen LogP contribution in [0.1, 0.15) is 91.4 Å². The Labute approximate surface area is 178 Å². The molecule has 3 saturated carbocycles. The van der Waals surface area contributed by atoms with Gasteiger partial charge in [-0.1, -0.05) is 25.0 Å². The Hall–Kier alpha value is -1.05. The number of carbonyl (C=O) groups is 1. The number of allylic oxidation sites excluding steroid dienone is 2. The van der Waals surface area contributed by atoms with E-state index in [2.05, 4.69) is 37.9 Å². The van der Waals surface area contributed by atoms with Crippen molar-refractivity contribution in [2.75, 3.05) is 13.1 Å². The molecular formula is C27H41NO. The van der Waals surface area contributed by atoms with Crippen molar-refractivity contribution in [2.24, 2.45) is 34.5 Å². The van der Waals surface area contributed by atoms with Gasteiger partial charge in [0.2, 0.25) is 0 Å². The zero-order chi connectivity index (χ0) is 20.2. The molecular weight excluding hydrogens is 354 g/mol. The molecule has 0 spiro atoms. The summed E-state index contributed by atoms with van der Waals surface area (Å²) in [7, 11) is 0. The molecule has 0 aromatic heterocycles. The molecule has 2 nitrogen and oxygen atoms in total. The number of nitrogens with zero attached hydrogens (tertiary/aromatic N) is 1. The quantitative estimate of drug-likeness (QED) is 0.530. The highest BCUT2D eigenvalue weighted by molar-refractivity contribution is 5.91. The highest BCUT2D eigenvalue weighted by Gasteiger charge is 2.59. The largest absolute Gasteiger partial charge is 0.377 e. The van der Waals surface area contributed by atoms with Gasteiger partial charge in [0.1, 0.15) is 0 Å². The maximum Gasteiger partial charge on any atom is 0.155 e. The monoisotopic (exact) mass is 395 g/mol. The third kappa shape index (κ3) is 3.15. The molecule has 1 heterocycles. The van der Waals surface area contributed by atoms with Crippen LogP contribution in [-0.4, -0.2) is 23.8 Å². The SMILES string of the molecule is C/C(=C/N1CCCCC1)[C@@H]1CC[C@@H]2[C@H]3CCC4=CC(=O)CC[C@]4(C)[C@@H]3CC[C@@]21C. The summed E-state index contributed by atoms with van der Waals surface area (Å²) in [5.41, 5.74) is 3.99. The van der Waals surface area contributed by atoms with Crippen LogP contribution in [-0.2, 0) is 4.79 Å². The number of ketones is 1. The number of carbonyl (C=O) groups excluding carboxylic acids is 1. The van der Waals surface area contributed by atoms with Gasteiger partial charge in [0.15, 0.2) is 5.78 Å². The van der Waals surface area contributed by atoms with E-state index in [9.17, 15) is 4.79 Å². The summed E-state index contributed by atoms with van der Waals surface area (Å²) in [4.78, 5) is 14.7. The van der Waals surface area contributed by atoms with E-state index in [1.165, 1.54) is 76.5 Å². The van der Waals surface area contributed by atoms with Crippen LogP contribution in [0.5, 0.6) is 0 Å².